The van der Waals surface area contributed by atoms with Crippen LogP contribution in [0.3, 0.4) is 0 Å². The van der Waals surface area contributed by atoms with Crippen molar-refractivity contribution in [1.29, 1.82) is 0 Å². The van der Waals surface area contributed by atoms with Gasteiger partial charge in [0.1, 0.15) is 12.1 Å². The van der Waals surface area contributed by atoms with E-state index in [1.807, 2.05) is 75.4 Å². The van der Waals surface area contributed by atoms with Crippen molar-refractivity contribution < 1.29 is 19.5 Å². The normalized spacial score (nSPS) is 20.2. The maximum atomic E-state index is 14.0. The number of rotatable bonds is 23. The number of nitrogens with zero attached hydrogens (tertiary/aromatic N) is 6. The third-order valence-corrected chi connectivity index (χ3v) is 15.0. The topological polar surface area (TPSA) is 179 Å². The fourth-order valence-corrected chi connectivity index (χ4v) is 10.5. The van der Waals surface area contributed by atoms with Gasteiger partial charge in [-0.15, -0.1) is 11.3 Å². The minimum atomic E-state index is -0.822. The summed E-state index contributed by atoms with van der Waals surface area (Å²) in [6.07, 6.45) is 20.0. The number of hydrogen-bond donors (Lipinski definition) is 5. The Labute approximate surface area is 406 Å². The second kappa shape index (κ2) is 23.7. The standard InChI is InChI=1S/C51H73ClN10O4S/c1-33-46(67-32-56-33)36-19-17-35(18-20-36)28-54-48(65)43-27-39(63)31-62(43)49(66)47(51(2,3)4)59-44(64)14-12-10-8-6-7-9-11-13-25-53-37-21-23-38(24-22-37)58-50-55-30-41(52)45(60-50)40-29-57-61(5)42(40)26-34-15-16-34/h17-20,29-30,32,34,37-39,43,47,53,63H,6-16,21-28,31H2,1-5H3,(H,54,65)(H,59,64)(H,55,58,60)/t37-,38-,39-,43+,47-/m1/s1. The molecule has 1 saturated heterocycles. The van der Waals surface area contributed by atoms with Crippen molar-refractivity contribution in [2.75, 3.05) is 18.4 Å². The summed E-state index contributed by atoms with van der Waals surface area (Å²) in [6, 6.07) is 7.24. The average Bonchev–Trinajstić information content (AvgIpc) is 3.71. The molecule has 16 heteroatoms. The van der Waals surface area contributed by atoms with Gasteiger partial charge in [-0.2, -0.15) is 5.10 Å². The molecule has 3 aromatic heterocycles. The van der Waals surface area contributed by atoms with Crippen LogP contribution >= 0.6 is 22.9 Å². The lowest BCUT2D eigenvalue weighted by Gasteiger charge is -2.35. The zero-order chi connectivity index (χ0) is 47.5. The number of β-amino-alcohol motifs (C(OH)–C–C–N with tert-alkyl or cyclic N) is 1. The number of carbonyl (C=O) groups excluding carboxylic acids is 3. The largest absolute Gasteiger partial charge is 0.391 e. The zero-order valence-corrected chi connectivity index (χ0v) is 41.9. The Kier molecular flexibility index (Phi) is 17.9. The summed E-state index contributed by atoms with van der Waals surface area (Å²) < 4.78 is 1.95. The first-order valence-electron chi connectivity index (χ1n) is 24.8. The number of aryl methyl sites for hydroxylation is 2. The Balaban J connectivity index is 0.731. The molecule has 4 heterocycles. The van der Waals surface area contributed by atoms with Gasteiger partial charge in [0.15, 0.2) is 0 Å². The molecular weight excluding hydrogens is 884 g/mol. The van der Waals surface area contributed by atoms with Gasteiger partial charge in [0, 0.05) is 56.3 Å². The third kappa shape index (κ3) is 14.3. The number of hydrogen-bond acceptors (Lipinski definition) is 11. The molecule has 1 aliphatic heterocycles. The van der Waals surface area contributed by atoms with Crippen LogP contribution in [-0.2, 0) is 34.4 Å². The molecule has 0 radical (unpaired) electrons. The molecule has 3 atom stereocenters. The third-order valence-electron chi connectivity index (χ3n) is 13.8. The molecule has 1 aromatic carbocycles. The van der Waals surface area contributed by atoms with E-state index in [0.717, 1.165) is 103 Å². The molecule has 3 fully saturated rings. The van der Waals surface area contributed by atoms with E-state index in [0.29, 0.717) is 36.0 Å². The number of amides is 3. The first kappa shape index (κ1) is 50.4. The van der Waals surface area contributed by atoms with Gasteiger partial charge in [0.2, 0.25) is 23.7 Å². The number of thiazole rings is 1. The number of aromatic nitrogens is 5. The molecule has 364 valence electrons. The molecule has 0 spiro atoms. The van der Waals surface area contributed by atoms with Crippen molar-refractivity contribution in [1.82, 2.24) is 45.6 Å². The Hall–Kier alpha value is -4.44. The molecular formula is C51H73ClN10O4S. The molecule has 3 amide bonds. The molecule has 4 aromatic rings. The van der Waals surface area contributed by atoms with Crippen LogP contribution in [0.5, 0.6) is 0 Å². The fourth-order valence-electron chi connectivity index (χ4n) is 9.54. The summed E-state index contributed by atoms with van der Waals surface area (Å²) in [5, 5.41) is 29.0. The van der Waals surface area contributed by atoms with Crippen molar-refractivity contribution in [3.63, 3.8) is 0 Å². The highest BCUT2D eigenvalue weighted by molar-refractivity contribution is 7.13. The van der Waals surface area contributed by atoms with E-state index in [9.17, 15) is 19.5 Å². The Morgan fingerprint density at radius 3 is 2.27 bits per heavy atom. The predicted molar refractivity (Wildman–Crippen MR) is 267 cm³/mol. The number of likely N-dealkylation sites (tertiary alicyclic amines) is 1. The van der Waals surface area contributed by atoms with Gasteiger partial charge >= 0.3 is 0 Å². The molecule has 2 aliphatic carbocycles. The smallest absolute Gasteiger partial charge is 0.246 e. The highest BCUT2D eigenvalue weighted by Crippen LogP contribution is 2.37. The lowest BCUT2D eigenvalue weighted by atomic mass is 9.85. The fraction of sp³-hybridized carbons (Fsp3) is 0.627. The number of anilines is 1. The molecule has 14 nitrogen and oxygen atoms in total. The van der Waals surface area contributed by atoms with Crippen LogP contribution in [0.2, 0.25) is 5.02 Å². The van der Waals surface area contributed by atoms with Crippen molar-refractivity contribution in [2.45, 2.75) is 174 Å². The SMILES string of the molecule is Cc1ncsc1-c1ccc(CNC(=O)[C@@H]2C[C@@H](O)CN2C(=O)[C@@H](NC(=O)CCCCCCCCCCN[C@H]2CC[C@H](Nc3ncc(Cl)c(-c4cnn(C)c4CC4CC4)n3)CC2)C(C)(C)C)cc1. The highest BCUT2D eigenvalue weighted by atomic mass is 35.5. The second-order valence-corrected chi connectivity index (χ2v) is 21.6. The molecule has 5 N–H and O–H groups in total. The van der Waals surface area contributed by atoms with E-state index >= 15 is 0 Å². The van der Waals surface area contributed by atoms with Crippen molar-refractivity contribution in [3.05, 3.63) is 64.1 Å². The second-order valence-electron chi connectivity index (χ2n) is 20.3. The Morgan fingerprint density at radius 2 is 1.60 bits per heavy atom. The van der Waals surface area contributed by atoms with Gasteiger partial charge in [0.25, 0.3) is 0 Å². The number of benzene rings is 1. The van der Waals surface area contributed by atoms with Crippen LogP contribution in [0.15, 0.2) is 42.2 Å². The van der Waals surface area contributed by atoms with Crippen molar-refractivity contribution >= 4 is 46.6 Å². The number of unbranched alkanes of at least 4 members (excludes halogenated alkanes) is 7. The summed E-state index contributed by atoms with van der Waals surface area (Å²) >= 11 is 8.19. The van der Waals surface area contributed by atoms with Gasteiger partial charge in [-0.1, -0.05) is 95.2 Å². The molecule has 0 unspecified atom stereocenters. The molecule has 67 heavy (non-hydrogen) atoms. The minimum Gasteiger partial charge on any atom is -0.391 e. The van der Waals surface area contributed by atoms with E-state index in [1.54, 1.807) is 17.5 Å². The summed E-state index contributed by atoms with van der Waals surface area (Å²) in [6.45, 7) is 9.12. The minimum absolute atomic E-state index is 0.0525. The lowest BCUT2D eigenvalue weighted by Crippen LogP contribution is -2.57. The summed E-state index contributed by atoms with van der Waals surface area (Å²) in [4.78, 5) is 56.9. The van der Waals surface area contributed by atoms with Crippen LogP contribution in [0.4, 0.5) is 5.95 Å². The molecule has 7 rings (SSSR count). The predicted octanol–water partition coefficient (Wildman–Crippen LogP) is 8.55. The Bertz CT molecular complexity index is 2250. The first-order chi connectivity index (χ1) is 32.2. The van der Waals surface area contributed by atoms with E-state index in [4.69, 9.17) is 16.6 Å². The summed E-state index contributed by atoms with van der Waals surface area (Å²) in [5.41, 5.74) is 7.19. The first-order valence-corrected chi connectivity index (χ1v) is 26.1. The van der Waals surface area contributed by atoms with E-state index < -0.39 is 23.6 Å². The van der Waals surface area contributed by atoms with E-state index in [-0.39, 0.29) is 30.7 Å². The monoisotopic (exact) mass is 957 g/mol. The van der Waals surface area contributed by atoms with Gasteiger partial charge in [-0.05, 0) is 93.7 Å². The van der Waals surface area contributed by atoms with Gasteiger partial charge in [0.05, 0.1) is 45.3 Å². The zero-order valence-electron chi connectivity index (χ0n) is 40.3. The number of carbonyl (C=O) groups is 3. The lowest BCUT2D eigenvalue weighted by molar-refractivity contribution is -0.144. The van der Waals surface area contributed by atoms with Crippen LogP contribution in [0.25, 0.3) is 21.7 Å². The van der Waals surface area contributed by atoms with Crippen LogP contribution < -0.4 is 21.3 Å². The van der Waals surface area contributed by atoms with Crippen LogP contribution in [0, 0.1) is 18.3 Å². The molecule has 0 bridgehead atoms. The summed E-state index contributed by atoms with van der Waals surface area (Å²) in [5.74, 6) is 0.563. The van der Waals surface area contributed by atoms with Crippen molar-refractivity contribution in [2.24, 2.45) is 18.4 Å². The molecule has 3 aliphatic rings. The number of aliphatic hydroxyl groups excluding tert-OH is 1. The van der Waals surface area contributed by atoms with E-state index in [1.165, 1.54) is 49.1 Å². The quantitative estimate of drug-likeness (QED) is 0.0453. The number of nitrogens with one attached hydrogen (secondary N) is 4. The number of aliphatic hydroxyl groups is 1. The van der Waals surface area contributed by atoms with E-state index in [2.05, 4.69) is 36.3 Å². The van der Waals surface area contributed by atoms with Crippen molar-refractivity contribution in [3.8, 4) is 21.7 Å². The van der Waals surface area contributed by atoms with Crippen LogP contribution in [0.1, 0.15) is 140 Å². The maximum Gasteiger partial charge on any atom is 0.246 e. The Morgan fingerprint density at radius 1 is 0.910 bits per heavy atom. The summed E-state index contributed by atoms with van der Waals surface area (Å²) in [7, 11) is 1.99. The number of halogens is 1. The van der Waals surface area contributed by atoms with Gasteiger partial charge in [-0.3, -0.25) is 19.1 Å². The highest BCUT2D eigenvalue weighted by Gasteiger charge is 2.44. The maximum absolute atomic E-state index is 14.0. The van der Waals surface area contributed by atoms with Gasteiger partial charge < -0.3 is 31.3 Å². The van der Waals surface area contributed by atoms with Gasteiger partial charge in [-0.25, -0.2) is 15.0 Å². The van der Waals surface area contributed by atoms with Crippen LogP contribution in [-0.4, -0.2) is 95.8 Å². The molecule has 2 saturated carbocycles. The average molecular weight is 958 g/mol.